The maximum Gasteiger partial charge on any atom is 0.567 e. The third kappa shape index (κ3) is 1.50. The third-order valence-corrected chi connectivity index (χ3v) is 1.32. The predicted molar refractivity (Wildman–Crippen MR) is 30.0 cm³/mol. The summed E-state index contributed by atoms with van der Waals surface area (Å²) in [7, 11) is 0. The van der Waals surface area contributed by atoms with Gasteiger partial charge in [0, 0.05) is 15.9 Å². The highest BCUT2D eigenvalue weighted by molar-refractivity contribution is 9.10. The van der Waals surface area contributed by atoms with Crippen molar-refractivity contribution in [3.8, 4) is 0 Å². The van der Waals surface area contributed by atoms with Gasteiger partial charge in [-0.2, -0.15) is 0 Å². The lowest BCUT2D eigenvalue weighted by Crippen LogP contribution is -2.44. The zero-order valence-corrected chi connectivity index (χ0v) is 6.20. The van der Waals surface area contributed by atoms with Crippen molar-refractivity contribution in [3.05, 3.63) is 17.1 Å². The van der Waals surface area contributed by atoms with Crippen LogP contribution in [0.5, 0.6) is 0 Å². The fraction of sp³-hybridized carbons (Fsp3) is 0.250. The highest BCUT2D eigenvalue weighted by atomic mass is 79.9. The van der Waals surface area contributed by atoms with Gasteiger partial charge in [0.05, 0.1) is 0 Å². The van der Waals surface area contributed by atoms with E-state index in [2.05, 4.69) is 20.9 Å². The SMILES string of the molecule is FC(F)(F)[n+]1c[nH]c(Br)c1. The number of nitrogens with one attached hydrogen (secondary N) is 1. The van der Waals surface area contributed by atoms with Crippen molar-refractivity contribution in [1.82, 2.24) is 4.98 Å². The second-order valence-electron chi connectivity index (χ2n) is 1.63. The number of halogens is 4. The second-order valence-corrected chi connectivity index (χ2v) is 2.48. The Kier molecular flexibility index (Phi) is 1.72. The minimum absolute atomic E-state index is 0.122. The molecule has 0 amide bonds. The van der Waals surface area contributed by atoms with Crippen LogP contribution in [0.25, 0.3) is 0 Å². The lowest BCUT2D eigenvalue weighted by Gasteiger charge is -1.96. The molecule has 0 aliphatic heterocycles. The summed E-state index contributed by atoms with van der Waals surface area (Å²) in [6.07, 6.45) is -2.60. The highest BCUT2D eigenvalue weighted by Gasteiger charge is 2.37. The molecule has 10 heavy (non-hydrogen) atoms. The van der Waals surface area contributed by atoms with E-state index in [1.54, 1.807) is 0 Å². The van der Waals surface area contributed by atoms with Gasteiger partial charge in [0.25, 0.3) is 0 Å². The molecule has 56 valence electrons. The lowest BCUT2D eigenvalue weighted by atomic mass is 10.9. The molecule has 0 saturated carbocycles. The van der Waals surface area contributed by atoms with Crippen molar-refractivity contribution >= 4 is 15.9 Å². The minimum Gasteiger partial charge on any atom is -0.238 e. The molecule has 0 aliphatic carbocycles. The molecule has 0 radical (unpaired) electrons. The average Bonchev–Trinajstić information content (AvgIpc) is 2.11. The number of hydrogen-bond acceptors (Lipinski definition) is 0. The minimum atomic E-state index is -4.33. The van der Waals surface area contributed by atoms with Crippen LogP contribution < -0.4 is 4.57 Å². The summed E-state index contributed by atoms with van der Waals surface area (Å²) in [5.41, 5.74) is 0. The Labute approximate surface area is 62.8 Å². The fourth-order valence-corrected chi connectivity index (χ4v) is 0.797. The lowest BCUT2D eigenvalue weighted by molar-refractivity contribution is -0.854. The molecular formula is C4H3BrF3N2+. The molecule has 1 rings (SSSR count). The van der Waals surface area contributed by atoms with Crippen molar-refractivity contribution in [2.45, 2.75) is 6.30 Å². The zero-order chi connectivity index (χ0) is 7.78. The number of alkyl halides is 3. The van der Waals surface area contributed by atoms with Crippen molar-refractivity contribution in [1.29, 1.82) is 0 Å². The van der Waals surface area contributed by atoms with Gasteiger partial charge in [-0.1, -0.05) is 0 Å². The summed E-state index contributed by atoms with van der Waals surface area (Å²) in [5.74, 6) is 0. The Morgan fingerprint density at radius 2 is 2.10 bits per heavy atom. The summed E-state index contributed by atoms with van der Waals surface area (Å²) >= 11 is 2.85. The van der Waals surface area contributed by atoms with Crippen molar-refractivity contribution < 1.29 is 17.7 Å². The van der Waals surface area contributed by atoms with E-state index in [4.69, 9.17) is 0 Å². The molecule has 1 aromatic heterocycles. The van der Waals surface area contributed by atoms with Gasteiger partial charge >= 0.3 is 6.30 Å². The van der Waals surface area contributed by atoms with Gasteiger partial charge < -0.3 is 0 Å². The average molecular weight is 216 g/mol. The smallest absolute Gasteiger partial charge is 0.238 e. The van der Waals surface area contributed by atoms with Crippen molar-refractivity contribution in [2.75, 3.05) is 0 Å². The fourth-order valence-electron chi connectivity index (χ4n) is 0.474. The summed E-state index contributed by atoms with van der Waals surface area (Å²) in [4.78, 5) is 2.33. The molecule has 0 aliphatic rings. The van der Waals surface area contributed by atoms with Gasteiger partial charge in [-0.05, 0) is 0 Å². The second kappa shape index (κ2) is 2.26. The highest BCUT2D eigenvalue weighted by Crippen LogP contribution is 2.14. The van der Waals surface area contributed by atoms with Gasteiger partial charge in [-0.25, -0.2) is 4.98 Å². The summed E-state index contributed by atoms with van der Waals surface area (Å²) < 4.78 is 35.6. The number of aromatic amines is 1. The van der Waals surface area contributed by atoms with Crippen LogP contribution in [0.1, 0.15) is 0 Å². The first-order valence-corrected chi connectivity index (χ1v) is 3.12. The van der Waals surface area contributed by atoms with Crippen molar-refractivity contribution in [2.24, 2.45) is 0 Å². The molecule has 1 N–H and O–H groups in total. The van der Waals surface area contributed by atoms with Crippen molar-refractivity contribution in [3.63, 3.8) is 0 Å². The number of H-pyrrole nitrogens is 1. The van der Waals surface area contributed by atoms with Crippen LogP contribution in [0.3, 0.4) is 0 Å². The molecule has 0 spiro atoms. The summed E-state index contributed by atoms with van der Waals surface area (Å²) in [6, 6.07) is 0. The molecular weight excluding hydrogens is 213 g/mol. The van der Waals surface area contributed by atoms with Gasteiger partial charge in [0.1, 0.15) is 0 Å². The molecule has 0 fully saturated rings. The number of imidazole rings is 1. The van der Waals surface area contributed by atoms with E-state index in [1.807, 2.05) is 0 Å². The molecule has 6 heteroatoms. The molecule has 0 atom stereocenters. The first kappa shape index (κ1) is 7.59. The normalized spacial score (nSPS) is 12.0. The number of nitrogens with zero attached hydrogens (tertiary/aromatic N) is 1. The van der Waals surface area contributed by atoms with Crippen LogP contribution >= 0.6 is 15.9 Å². The van der Waals surface area contributed by atoms with E-state index < -0.39 is 6.30 Å². The van der Waals surface area contributed by atoms with Gasteiger partial charge in [-0.15, -0.1) is 17.7 Å². The molecule has 0 bridgehead atoms. The maximum absolute atomic E-state index is 11.7. The Balaban J connectivity index is 2.96. The Hall–Kier alpha value is -0.520. The number of rotatable bonds is 0. The van der Waals surface area contributed by atoms with Gasteiger partial charge in [0.2, 0.25) is 10.9 Å². The first-order valence-electron chi connectivity index (χ1n) is 2.32. The van der Waals surface area contributed by atoms with Crippen LogP contribution in [-0.4, -0.2) is 4.98 Å². The molecule has 2 nitrogen and oxygen atoms in total. The largest absolute Gasteiger partial charge is 0.567 e. The van der Waals surface area contributed by atoms with E-state index in [-0.39, 0.29) is 4.57 Å². The zero-order valence-electron chi connectivity index (χ0n) is 4.61. The quantitative estimate of drug-likeness (QED) is 0.634. The molecule has 1 heterocycles. The summed E-state index contributed by atoms with van der Waals surface area (Å²) in [6.45, 7) is 0. The number of aromatic nitrogens is 2. The van der Waals surface area contributed by atoms with Crippen LogP contribution in [0.2, 0.25) is 0 Å². The van der Waals surface area contributed by atoms with Crippen LogP contribution in [0.4, 0.5) is 13.2 Å². The van der Waals surface area contributed by atoms with E-state index in [9.17, 15) is 13.2 Å². The number of hydrogen-bond donors (Lipinski definition) is 1. The Bertz CT molecular complexity index is 229. The Morgan fingerprint density at radius 3 is 2.30 bits per heavy atom. The van der Waals surface area contributed by atoms with Gasteiger partial charge in [-0.3, -0.25) is 0 Å². The molecule has 0 unspecified atom stereocenters. The van der Waals surface area contributed by atoms with Crippen LogP contribution in [-0.2, 0) is 6.30 Å². The van der Waals surface area contributed by atoms with E-state index in [0.29, 0.717) is 4.60 Å². The van der Waals surface area contributed by atoms with E-state index >= 15 is 0 Å². The van der Waals surface area contributed by atoms with E-state index in [1.165, 1.54) is 0 Å². The Morgan fingerprint density at radius 1 is 1.50 bits per heavy atom. The summed E-state index contributed by atoms with van der Waals surface area (Å²) in [5, 5.41) is 0. The molecule has 0 aromatic carbocycles. The van der Waals surface area contributed by atoms with Crippen LogP contribution in [0, 0.1) is 0 Å². The standard InChI is InChI=1S/C4H2BrF3N2/c5-3-1-10(2-9-3)4(6,7)8/h1-2H/p+1. The predicted octanol–water partition coefficient (Wildman–Crippen LogP) is 1.54. The molecule has 1 aromatic rings. The van der Waals surface area contributed by atoms with Gasteiger partial charge in [0.15, 0.2) is 6.20 Å². The first-order chi connectivity index (χ1) is 4.50. The molecule has 0 saturated heterocycles. The monoisotopic (exact) mass is 215 g/mol. The van der Waals surface area contributed by atoms with E-state index in [0.717, 1.165) is 12.5 Å². The topological polar surface area (TPSA) is 19.7 Å². The van der Waals surface area contributed by atoms with Crippen LogP contribution in [0.15, 0.2) is 17.1 Å². The maximum atomic E-state index is 11.7. The third-order valence-electron chi connectivity index (χ3n) is 0.887.